The number of nitroso groups, excluding NO2 is 1. The number of rotatable bonds is 7. The molecule has 3 aromatic rings. The van der Waals surface area contributed by atoms with Crippen molar-refractivity contribution in [3.63, 3.8) is 0 Å². The number of aromatic hydroxyl groups is 1. The quantitative estimate of drug-likeness (QED) is 0.481. The zero-order chi connectivity index (χ0) is 17.8. The van der Waals surface area contributed by atoms with Crippen molar-refractivity contribution in [3.05, 3.63) is 52.4 Å². The van der Waals surface area contributed by atoms with E-state index in [1.165, 1.54) is 0 Å². The van der Waals surface area contributed by atoms with Gasteiger partial charge < -0.3 is 19.1 Å². The third kappa shape index (κ3) is 3.25. The molecule has 0 aliphatic rings. The lowest BCUT2D eigenvalue weighted by molar-refractivity contribution is 0.280. The van der Waals surface area contributed by atoms with Gasteiger partial charge in [-0.05, 0) is 35.9 Å². The highest BCUT2D eigenvalue weighted by Crippen LogP contribution is 2.42. The summed E-state index contributed by atoms with van der Waals surface area (Å²) in [5.74, 6) is 1.14. The zero-order valence-electron chi connectivity index (χ0n) is 13.6. The van der Waals surface area contributed by atoms with Gasteiger partial charge in [-0.1, -0.05) is 29.8 Å². The van der Waals surface area contributed by atoms with Gasteiger partial charge in [0.15, 0.2) is 17.2 Å². The SMILES string of the molecule is COc1ccccc1OCCCn1c(O)c(N=O)c2c(Cl)cccc21. The number of aromatic nitrogens is 1. The van der Waals surface area contributed by atoms with Crippen molar-refractivity contribution in [1.29, 1.82) is 0 Å². The number of hydrogen-bond donors (Lipinski definition) is 1. The van der Waals surface area contributed by atoms with Crippen molar-refractivity contribution in [1.82, 2.24) is 4.57 Å². The van der Waals surface area contributed by atoms with E-state index in [1.807, 2.05) is 24.3 Å². The Bertz CT molecular complexity index is 907. The second-order valence-electron chi connectivity index (χ2n) is 5.40. The molecular weight excluding hydrogens is 344 g/mol. The Hall–Kier alpha value is -2.73. The molecular formula is C18H17ClN2O4. The van der Waals surface area contributed by atoms with E-state index in [2.05, 4.69) is 5.18 Å². The predicted molar refractivity (Wildman–Crippen MR) is 97.2 cm³/mol. The number of methoxy groups -OCH3 is 1. The van der Waals surface area contributed by atoms with Crippen molar-refractivity contribution in [3.8, 4) is 17.4 Å². The molecule has 25 heavy (non-hydrogen) atoms. The summed E-state index contributed by atoms with van der Waals surface area (Å²) in [4.78, 5) is 11.1. The van der Waals surface area contributed by atoms with Gasteiger partial charge in [-0.2, -0.15) is 0 Å². The fourth-order valence-corrected chi connectivity index (χ4v) is 3.04. The summed E-state index contributed by atoms with van der Waals surface area (Å²) in [6.07, 6.45) is 0.611. The molecule has 0 aliphatic heterocycles. The topological polar surface area (TPSA) is 73.1 Å². The van der Waals surface area contributed by atoms with Crippen LogP contribution in [-0.4, -0.2) is 23.4 Å². The van der Waals surface area contributed by atoms with Crippen molar-refractivity contribution in [2.75, 3.05) is 13.7 Å². The minimum Gasteiger partial charge on any atom is -0.493 e. The van der Waals surface area contributed by atoms with Gasteiger partial charge in [0.1, 0.15) is 0 Å². The molecule has 0 bridgehead atoms. The first-order chi connectivity index (χ1) is 12.2. The molecule has 130 valence electrons. The van der Waals surface area contributed by atoms with Gasteiger partial charge in [0, 0.05) is 6.54 Å². The lowest BCUT2D eigenvalue weighted by atomic mass is 10.2. The molecule has 6 nitrogen and oxygen atoms in total. The fourth-order valence-electron chi connectivity index (χ4n) is 2.78. The van der Waals surface area contributed by atoms with Gasteiger partial charge in [0.25, 0.3) is 0 Å². The normalized spacial score (nSPS) is 10.8. The first-order valence-corrected chi connectivity index (χ1v) is 8.14. The minimum absolute atomic E-state index is 0.0359. The molecule has 0 amide bonds. The van der Waals surface area contributed by atoms with Gasteiger partial charge in [-0.25, -0.2) is 0 Å². The van der Waals surface area contributed by atoms with Gasteiger partial charge >= 0.3 is 0 Å². The summed E-state index contributed by atoms with van der Waals surface area (Å²) >= 11 is 6.14. The molecule has 2 aromatic carbocycles. The van der Waals surface area contributed by atoms with Crippen LogP contribution in [0.5, 0.6) is 17.4 Å². The van der Waals surface area contributed by atoms with Gasteiger partial charge in [-0.3, -0.25) is 0 Å². The first-order valence-electron chi connectivity index (χ1n) is 7.76. The number of aryl methyl sites for hydroxylation is 1. The van der Waals surface area contributed by atoms with Crippen LogP contribution in [0.1, 0.15) is 6.42 Å². The molecule has 0 unspecified atom stereocenters. The molecule has 0 spiro atoms. The highest BCUT2D eigenvalue weighted by Gasteiger charge is 2.19. The molecule has 3 rings (SSSR count). The lowest BCUT2D eigenvalue weighted by Gasteiger charge is -2.11. The van der Waals surface area contributed by atoms with E-state index < -0.39 is 0 Å². The van der Waals surface area contributed by atoms with E-state index in [0.717, 1.165) is 0 Å². The van der Waals surface area contributed by atoms with Crippen molar-refractivity contribution >= 4 is 28.2 Å². The summed E-state index contributed by atoms with van der Waals surface area (Å²) in [6, 6.07) is 12.6. The van der Waals surface area contributed by atoms with Crippen LogP contribution in [0.15, 0.2) is 47.6 Å². The van der Waals surface area contributed by atoms with Crippen molar-refractivity contribution in [2.45, 2.75) is 13.0 Å². The Balaban J connectivity index is 1.75. The van der Waals surface area contributed by atoms with Crippen LogP contribution in [0.2, 0.25) is 5.02 Å². The molecule has 0 fully saturated rings. The Kier molecular flexibility index (Phi) is 5.09. The summed E-state index contributed by atoms with van der Waals surface area (Å²) in [5.41, 5.74) is 0.628. The first kappa shape index (κ1) is 17.1. The summed E-state index contributed by atoms with van der Waals surface area (Å²) < 4.78 is 12.6. The monoisotopic (exact) mass is 360 g/mol. The third-order valence-corrected chi connectivity index (χ3v) is 4.25. The van der Waals surface area contributed by atoms with Crippen LogP contribution in [0.3, 0.4) is 0 Å². The number of nitrogens with zero attached hydrogens (tertiary/aromatic N) is 2. The minimum atomic E-state index is -0.185. The fraction of sp³-hybridized carbons (Fsp3) is 0.222. The van der Waals surface area contributed by atoms with Gasteiger partial charge in [-0.15, -0.1) is 4.91 Å². The van der Waals surface area contributed by atoms with Gasteiger partial charge in [0.05, 0.1) is 29.6 Å². The molecule has 1 heterocycles. The molecule has 0 aliphatic carbocycles. The molecule has 0 atom stereocenters. The number of hydrogen-bond acceptors (Lipinski definition) is 5. The number of fused-ring (bicyclic) bond motifs is 1. The van der Waals surface area contributed by atoms with E-state index in [9.17, 15) is 10.0 Å². The molecule has 0 radical (unpaired) electrons. The highest BCUT2D eigenvalue weighted by atomic mass is 35.5. The van der Waals surface area contributed by atoms with E-state index in [-0.39, 0.29) is 11.6 Å². The second kappa shape index (κ2) is 7.44. The van der Waals surface area contributed by atoms with Gasteiger partial charge in [0.2, 0.25) is 5.88 Å². The van der Waals surface area contributed by atoms with E-state index in [1.54, 1.807) is 29.9 Å². The van der Waals surface area contributed by atoms with Crippen LogP contribution in [0.4, 0.5) is 5.69 Å². The Labute approximate surface area is 149 Å². The predicted octanol–water partition coefficient (Wildman–Crippen LogP) is 4.88. The number of para-hydroxylation sites is 2. The Morgan fingerprint density at radius 2 is 1.92 bits per heavy atom. The molecule has 0 saturated carbocycles. The Morgan fingerprint density at radius 1 is 1.16 bits per heavy atom. The van der Waals surface area contributed by atoms with Crippen molar-refractivity contribution < 1.29 is 14.6 Å². The summed E-state index contributed by atoms with van der Waals surface area (Å²) in [5, 5.41) is 14.1. The third-order valence-electron chi connectivity index (χ3n) is 3.93. The van der Waals surface area contributed by atoms with Crippen LogP contribution < -0.4 is 9.47 Å². The highest BCUT2D eigenvalue weighted by molar-refractivity contribution is 6.36. The van der Waals surface area contributed by atoms with Crippen LogP contribution >= 0.6 is 11.6 Å². The van der Waals surface area contributed by atoms with Crippen LogP contribution in [-0.2, 0) is 6.54 Å². The van der Waals surface area contributed by atoms with Crippen LogP contribution in [0, 0.1) is 4.91 Å². The van der Waals surface area contributed by atoms with E-state index >= 15 is 0 Å². The lowest BCUT2D eigenvalue weighted by Crippen LogP contribution is -2.05. The molecule has 0 saturated heterocycles. The van der Waals surface area contributed by atoms with Crippen molar-refractivity contribution in [2.24, 2.45) is 5.18 Å². The van der Waals surface area contributed by atoms with Crippen LogP contribution in [0.25, 0.3) is 10.9 Å². The van der Waals surface area contributed by atoms with E-state index in [0.29, 0.717) is 47.0 Å². The summed E-state index contributed by atoms with van der Waals surface area (Å²) in [7, 11) is 1.59. The molecule has 1 aromatic heterocycles. The summed E-state index contributed by atoms with van der Waals surface area (Å²) in [6.45, 7) is 0.872. The number of halogens is 1. The smallest absolute Gasteiger partial charge is 0.222 e. The Morgan fingerprint density at radius 3 is 2.64 bits per heavy atom. The largest absolute Gasteiger partial charge is 0.493 e. The average molecular weight is 361 g/mol. The zero-order valence-corrected chi connectivity index (χ0v) is 14.4. The average Bonchev–Trinajstić information content (AvgIpc) is 2.91. The maximum Gasteiger partial charge on any atom is 0.222 e. The maximum absolute atomic E-state index is 11.1. The maximum atomic E-state index is 11.1. The molecule has 7 heteroatoms. The number of ether oxygens (including phenoxy) is 2. The number of benzene rings is 2. The van der Waals surface area contributed by atoms with E-state index in [4.69, 9.17) is 21.1 Å². The molecule has 1 N–H and O–H groups in total. The second-order valence-corrected chi connectivity index (χ2v) is 5.81. The standard InChI is InChI=1S/C18H17ClN2O4/c1-24-14-8-2-3-9-15(14)25-11-5-10-21-13-7-4-6-12(19)16(13)17(20-23)18(21)22/h2-4,6-9,22H,5,10-11H2,1H3.